The van der Waals surface area contributed by atoms with Gasteiger partial charge in [0.2, 0.25) is 0 Å². The summed E-state index contributed by atoms with van der Waals surface area (Å²) in [4.78, 5) is 0. The topological polar surface area (TPSA) is 27.7 Å². The Labute approximate surface area is 129 Å². The molecule has 0 spiro atoms. The van der Waals surface area contributed by atoms with Crippen LogP contribution in [0.5, 0.6) is 11.5 Å². The van der Waals surface area contributed by atoms with Crippen LogP contribution in [0.15, 0.2) is 48.5 Å². The van der Waals surface area contributed by atoms with Crippen molar-refractivity contribution in [3.8, 4) is 11.5 Å². The standard InChI is InChI=1S/C17H18O3S/c1-18-16-11-14(17-19-9-10-21-17)7-8-15(16)20-12-13-5-3-2-4-6-13/h2-8,11,17H,9-10,12H2,1H3. The number of hydrogen-bond acceptors (Lipinski definition) is 4. The van der Waals surface area contributed by atoms with E-state index < -0.39 is 0 Å². The Bertz CT molecular complexity index is 580. The van der Waals surface area contributed by atoms with Gasteiger partial charge in [-0.2, -0.15) is 0 Å². The van der Waals surface area contributed by atoms with Crippen molar-refractivity contribution in [2.45, 2.75) is 12.0 Å². The fraction of sp³-hybridized carbons (Fsp3) is 0.294. The van der Waals surface area contributed by atoms with Gasteiger partial charge in [0.25, 0.3) is 0 Å². The van der Waals surface area contributed by atoms with Crippen molar-refractivity contribution in [3.63, 3.8) is 0 Å². The van der Waals surface area contributed by atoms with Crippen molar-refractivity contribution in [1.82, 2.24) is 0 Å². The Balaban J connectivity index is 1.72. The first-order valence-corrected chi connectivity index (χ1v) is 7.99. The van der Waals surface area contributed by atoms with Gasteiger partial charge in [0, 0.05) is 5.75 Å². The predicted octanol–water partition coefficient (Wildman–Crippen LogP) is 4.04. The molecule has 21 heavy (non-hydrogen) atoms. The first kappa shape index (κ1) is 14.3. The number of rotatable bonds is 5. The highest BCUT2D eigenvalue weighted by Crippen LogP contribution is 2.39. The van der Waals surface area contributed by atoms with E-state index in [0.717, 1.165) is 35.0 Å². The first-order chi connectivity index (χ1) is 10.4. The third kappa shape index (κ3) is 3.52. The molecule has 1 atom stereocenters. The van der Waals surface area contributed by atoms with Crippen LogP contribution in [0.2, 0.25) is 0 Å². The predicted molar refractivity (Wildman–Crippen MR) is 84.9 cm³/mol. The summed E-state index contributed by atoms with van der Waals surface area (Å²) in [6.07, 6.45) is 0. The molecule has 1 aliphatic rings. The second kappa shape index (κ2) is 6.87. The summed E-state index contributed by atoms with van der Waals surface area (Å²) >= 11 is 1.81. The molecule has 110 valence electrons. The lowest BCUT2D eigenvalue weighted by Crippen LogP contribution is -1.99. The summed E-state index contributed by atoms with van der Waals surface area (Å²) < 4.78 is 17.0. The summed E-state index contributed by atoms with van der Waals surface area (Å²) in [5, 5.41) is 0. The summed E-state index contributed by atoms with van der Waals surface area (Å²) in [6, 6.07) is 16.1. The van der Waals surface area contributed by atoms with Gasteiger partial charge in [-0.25, -0.2) is 0 Å². The zero-order chi connectivity index (χ0) is 14.5. The van der Waals surface area contributed by atoms with E-state index in [1.54, 1.807) is 7.11 Å². The minimum Gasteiger partial charge on any atom is -0.493 e. The van der Waals surface area contributed by atoms with Crippen LogP contribution in [0, 0.1) is 0 Å². The van der Waals surface area contributed by atoms with Crippen LogP contribution in [-0.2, 0) is 11.3 Å². The van der Waals surface area contributed by atoms with Crippen molar-refractivity contribution < 1.29 is 14.2 Å². The lowest BCUT2D eigenvalue weighted by Gasteiger charge is -2.14. The largest absolute Gasteiger partial charge is 0.493 e. The molecule has 3 nitrogen and oxygen atoms in total. The van der Waals surface area contributed by atoms with Crippen LogP contribution >= 0.6 is 11.8 Å². The number of ether oxygens (including phenoxy) is 3. The van der Waals surface area contributed by atoms with Gasteiger partial charge in [0.05, 0.1) is 13.7 Å². The third-order valence-electron chi connectivity index (χ3n) is 3.32. The first-order valence-electron chi connectivity index (χ1n) is 6.94. The zero-order valence-corrected chi connectivity index (χ0v) is 12.8. The quantitative estimate of drug-likeness (QED) is 0.833. The van der Waals surface area contributed by atoms with E-state index in [2.05, 4.69) is 0 Å². The van der Waals surface area contributed by atoms with Gasteiger partial charge in [-0.05, 0) is 23.3 Å². The molecule has 1 aliphatic heterocycles. The minimum atomic E-state index is 0.113. The molecule has 2 aromatic carbocycles. The van der Waals surface area contributed by atoms with E-state index in [1.807, 2.05) is 60.3 Å². The van der Waals surface area contributed by atoms with Crippen molar-refractivity contribution in [2.75, 3.05) is 19.5 Å². The average Bonchev–Trinajstić information content (AvgIpc) is 3.08. The number of methoxy groups -OCH3 is 1. The van der Waals surface area contributed by atoms with Gasteiger partial charge >= 0.3 is 0 Å². The van der Waals surface area contributed by atoms with E-state index in [-0.39, 0.29) is 5.44 Å². The van der Waals surface area contributed by atoms with Crippen LogP contribution in [0.1, 0.15) is 16.6 Å². The molecule has 2 aromatic rings. The molecule has 0 N–H and O–H groups in total. The normalized spacial score (nSPS) is 17.7. The highest BCUT2D eigenvalue weighted by atomic mass is 32.2. The lowest BCUT2D eigenvalue weighted by atomic mass is 10.2. The Morgan fingerprint density at radius 1 is 1.14 bits per heavy atom. The van der Waals surface area contributed by atoms with Crippen LogP contribution in [0.25, 0.3) is 0 Å². The maximum Gasteiger partial charge on any atom is 0.161 e. The molecule has 0 radical (unpaired) electrons. The zero-order valence-electron chi connectivity index (χ0n) is 12.0. The van der Waals surface area contributed by atoms with Crippen LogP contribution in [0.4, 0.5) is 0 Å². The molecule has 0 aromatic heterocycles. The Kier molecular flexibility index (Phi) is 4.68. The molecule has 0 aliphatic carbocycles. The summed E-state index contributed by atoms with van der Waals surface area (Å²) in [5.41, 5.74) is 2.38. The molecule has 1 saturated heterocycles. The van der Waals surface area contributed by atoms with Crippen molar-refractivity contribution >= 4 is 11.8 Å². The molecule has 1 heterocycles. The van der Waals surface area contributed by atoms with Gasteiger partial charge in [-0.15, -0.1) is 11.8 Å². The fourth-order valence-corrected chi connectivity index (χ4v) is 3.17. The SMILES string of the molecule is COc1cc(C2OCCS2)ccc1OCc1ccccc1. The van der Waals surface area contributed by atoms with E-state index in [9.17, 15) is 0 Å². The third-order valence-corrected chi connectivity index (χ3v) is 4.43. The summed E-state index contributed by atoms with van der Waals surface area (Å²) in [6.45, 7) is 1.34. The molecule has 1 unspecified atom stereocenters. The molecule has 1 fully saturated rings. The molecule has 3 rings (SSSR count). The van der Waals surface area contributed by atoms with Gasteiger partial charge in [-0.3, -0.25) is 0 Å². The van der Waals surface area contributed by atoms with Crippen molar-refractivity contribution in [3.05, 3.63) is 59.7 Å². The lowest BCUT2D eigenvalue weighted by molar-refractivity contribution is 0.144. The number of hydrogen-bond donors (Lipinski definition) is 0. The van der Waals surface area contributed by atoms with Gasteiger partial charge in [0.15, 0.2) is 11.5 Å². The fourth-order valence-electron chi connectivity index (χ4n) is 2.24. The summed E-state index contributed by atoms with van der Waals surface area (Å²) in [7, 11) is 1.66. The van der Waals surface area contributed by atoms with Crippen molar-refractivity contribution in [2.24, 2.45) is 0 Å². The highest BCUT2D eigenvalue weighted by Gasteiger charge is 2.19. The minimum absolute atomic E-state index is 0.113. The maximum atomic E-state index is 5.86. The van der Waals surface area contributed by atoms with Crippen LogP contribution in [0.3, 0.4) is 0 Å². The molecular weight excluding hydrogens is 284 g/mol. The van der Waals surface area contributed by atoms with E-state index in [1.165, 1.54) is 0 Å². The Hall–Kier alpha value is -1.65. The molecular formula is C17H18O3S. The molecule has 0 bridgehead atoms. The number of benzene rings is 2. The Morgan fingerprint density at radius 3 is 2.71 bits per heavy atom. The smallest absolute Gasteiger partial charge is 0.161 e. The van der Waals surface area contributed by atoms with Crippen LogP contribution in [-0.4, -0.2) is 19.5 Å². The monoisotopic (exact) mass is 302 g/mol. The molecule has 0 saturated carbocycles. The Morgan fingerprint density at radius 2 is 2.00 bits per heavy atom. The molecule has 4 heteroatoms. The van der Waals surface area contributed by atoms with Gasteiger partial charge < -0.3 is 14.2 Å². The van der Waals surface area contributed by atoms with Crippen LogP contribution < -0.4 is 9.47 Å². The second-order valence-corrected chi connectivity index (χ2v) is 5.93. The average molecular weight is 302 g/mol. The highest BCUT2D eigenvalue weighted by molar-refractivity contribution is 7.99. The molecule has 0 amide bonds. The van der Waals surface area contributed by atoms with E-state index in [0.29, 0.717) is 6.61 Å². The van der Waals surface area contributed by atoms with Gasteiger partial charge in [0.1, 0.15) is 12.0 Å². The maximum absolute atomic E-state index is 5.86. The van der Waals surface area contributed by atoms with E-state index >= 15 is 0 Å². The van der Waals surface area contributed by atoms with Crippen molar-refractivity contribution in [1.29, 1.82) is 0 Å². The summed E-state index contributed by atoms with van der Waals surface area (Å²) in [5.74, 6) is 2.55. The number of thioether (sulfide) groups is 1. The second-order valence-electron chi connectivity index (χ2n) is 4.76. The van der Waals surface area contributed by atoms with Gasteiger partial charge in [-0.1, -0.05) is 36.4 Å². The van der Waals surface area contributed by atoms with E-state index in [4.69, 9.17) is 14.2 Å².